The molecule has 0 aliphatic carbocycles. The van der Waals surface area contributed by atoms with Crippen LogP contribution < -0.4 is 10.1 Å². The average molecular weight is 357 g/mol. The lowest BCUT2D eigenvalue weighted by atomic mass is 9.92. The standard InChI is InChI=1S/C18H23N5O3/c1-25-16-4-3-14(7-15(16)9-23-13-19-12-21-23)8-22-6-2-5-18(11-22)10-20-17(24)26-18/h3-4,7,12-13H,2,5-6,8-11H2,1H3,(H,20,24)/t18-/m1/s1. The predicted molar refractivity (Wildman–Crippen MR) is 93.8 cm³/mol. The average Bonchev–Trinajstić information content (AvgIpc) is 3.26. The number of ether oxygens (including phenoxy) is 2. The van der Waals surface area contributed by atoms with Gasteiger partial charge in [-0.2, -0.15) is 5.10 Å². The molecule has 2 saturated heterocycles. The Morgan fingerprint density at radius 3 is 3.04 bits per heavy atom. The van der Waals surface area contributed by atoms with Crippen LogP contribution in [0.2, 0.25) is 0 Å². The molecule has 2 aliphatic rings. The molecule has 8 heteroatoms. The molecule has 1 amide bonds. The lowest BCUT2D eigenvalue weighted by molar-refractivity contribution is -0.0111. The monoisotopic (exact) mass is 357 g/mol. The van der Waals surface area contributed by atoms with Gasteiger partial charge in [0.15, 0.2) is 0 Å². The third kappa shape index (κ3) is 3.50. The van der Waals surface area contributed by atoms with Gasteiger partial charge in [0.25, 0.3) is 0 Å². The van der Waals surface area contributed by atoms with E-state index in [4.69, 9.17) is 9.47 Å². The molecule has 2 fully saturated rings. The Kier molecular flexibility index (Phi) is 4.50. The van der Waals surface area contributed by atoms with E-state index in [1.165, 1.54) is 11.9 Å². The maximum Gasteiger partial charge on any atom is 0.407 e. The van der Waals surface area contributed by atoms with Crippen LogP contribution in [-0.4, -0.2) is 58.1 Å². The summed E-state index contributed by atoms with van der Waals surface area (Å²) < 4.78 is 12.8. The Morgan fingerprint density at radius 2 is 2.31 bits per heavy atom. The van der Waals surface area contributed by atoms with Gasteiger partial charge >= 0.3 is 6.09 Å². The summed E-state index contributed by atoms with van der Waals surface area (Å²) in [5.41, 5.74) is 1.90. The molecule has 2 aliphatic heterocycles. The van der Waals surface area contributed by atoms with Gasteiger partial charge in [-0.15, -0.1) is 0 Å². The maximum absolute atomic E-state index is 11.5. The van der Waals surface area contributed by atoms with Crippen LogP contribution in [-0.2, 0) is 17.8 Å². The predicted octanol–water partition coefficient (Wildman–Crippen LogP) is 1.41. The van der Waals surface area contributed by atoms with Crippen molar-refractivity contribution in [1.82, 2.24) is 25.0 Å². The number of benzene rings is 1. The van der Waals surface area contributed by atoms with Gasteiger partial charge in [0.1, 0.15) is 24.0 Å². The van der Waals surface area contributed by atoms with Gasteiger partial charge in [-0.1, -0.05) is 6.07 Å². The van der Waals surface area contributed by atoms with E-state index in [2.05, 4.69) is 32.4 Å². The van der Waals surface area contributed by atoms with Crippen molar-refractivity contribution >= 4 is 6.09 Å². The first-order chi connectivity index (χ1) is 12.7. The van der Waals surface area contributed by atoms with Crippen LogP contribution in [0, 0.1) is 0 Å². The van der Waals surface area contributed by atoms with Crippen molar-refractivity contribution in [2.75, 3.05) is 26.7 Å². The van der Waals surface area contributed by atoms with E-state index in [0.717, 1.165) is 43.8 Å². The van der Waals surface area contributed by atoms with Crippen LogP contribution in [0.5, 0.6) is 5.75 Å². The summed E-state index contributed by atoms with van der Waals surface area (Å²) in [5, 5.41) is 6.97. The first-order valence-electron chi connectivity index (χ1n) is 8.83. The smallest absolute Gasteiger partial charge is 0.407 e. The fraction of sp³-hybridized carbons (Fsp3) is 0.500. The quantitative estimate of drug-likeness (QED) is 0.871. The Bertz CT molecular complexity index is 779. The number of amides is 1. The first kappa shape index (κ1) is 16.8. The van der Waals surface area contributed by atoms with Crippen molar-refractivity contribution < 1.29 is 14.3 Å². The number of nitrogens with one attached hydrogen (secondary N) is 1. The molecule has 8 nitrogen and oxygen atoms in total. The van der Waals surface area contributed by atoms with Crippen molar-refractivity contribution in [3.63, 3.8) is 0 Å². The summed E-state index contributed by atoms with van der Waals surface area (Å²) in [7, 11) is 1.68. The van der Waals surface area contributed by atoms with E-state index in [9.17, 15) is 4.79 Å². The van der Waals surface area contributed by atoms with Gasteiger partial charge in [-0.05, 0) is 37.1 Å². The van der Waals surface area contributed by atoms with Crippen LogP contribution in [0.1, 0.15) is 24.0 Å². The number of aromatic nitrogens is 3. The molecule has 1 N–H and O–H groups in total. The highest BCUT2D eigenvalue weighted by atomic mass is 16.6. The van der Waals surface area contributed by atoms with E-state index in [1.54, 1.807) is 18.1 Å². The number of alkyl carbamates (subject to hydrolysis) is 1. The van der Waals surface area contributed by atoms with Crippen molar-refractivity contribution in [1.29, 1.82) is 0 Å². The molecular weight excluding hydrogens is 334 g/mol. The number of hydrogen-bond donors (Lipinski definition) is 1. The van der Waals surface area contributed by atoms with Gasteiger partial charge in [0, 0.05) is 18.7 Å². The third-order valence-electron chi connectivity index (χ3n) is 5.03. The van der Waals surface area contributed by atoms with E-state index < -0.39 is 0 Å². The van der Waals surface area contributed by atoms with E-state index >= 15 is 0 Å². The Balaban J connectivity index is 1.48. The molecule has 26 heavy (non-hydrogen) atoms. The highest BCUT2D eigenvalue weighted by Crippen LogP contribution is 2.29. The van der Waals surface area contributed by atoms with Gasteiger partial charge in [0.05, 0.1) is 20.2 Å². The molecule has 1 aromatic heterocycles. The first-order valence-corrected chi connectivity index (χ1v) is 8.83. The Morgan fingerprint density at radius 1 is 1.38 bits per heavy atom. The number of rotatable bonds is 5. The summed E-state index contributed by atoms with van der Waals surface area (Å²) in [6, 6.07) is 6.24. The minimum Gasteiger partial charge on any atom is -0.496 e. The summed E-state index contributed by atoms with van der Waals surface area (Å²) in [4.78, 5) is 17.8. The van der Waals surface area contributed by atoms with Crippen molar-refractivity contribution in [2.45, 2.75) is 31.5 Å². The maximum atomic E-state index is 11.5. The lowest BCUT2D eigenvalue weighted by Crippen LogP contribution is -2.50. The van der Waals surface area contributed by atoms with Gasteiger partial charge < -0.3 is 14.8 Å². The summed E-state index contributed by atoms with van der Waals surface area (Å²) in [6.07, 6.45) is 4.87. The minimum absolute atomic E-state index is 0.300. The summed E-state index contributed by atoms with van der Waals surface area (Å²) >= 11 is 0. The molecule has 1 spiro atoms. The van der Waals surface area contributed by atoms with E-state index in [-0.39, 0.29) is 11.7 Å². The fourth-order valence-electron chi connectivity index (χ4n) is 3.86. The third-order valence-corrected chi connectivity index (χ3v) is 5.03. The summed E-state index contributed by atoms with van der Waals surface area (Å²) in [5.74, 6) is 0.841. The van der Waals surface area contributed by atoms with Crippen LogP contribution in [0.3, 0.4) is 0 Å². The molecule has 3 heterocycles. The number of methoxy groups -OCH3 is 1. The number of nitrogens with zero attached hydrogens (tertiary/aromatic N) is 4. The second kappa shape index (κ2) is 6.95. The topological polar surface area (TPSA) is 81.5 Å². The van der Waals surface area contributed by atoms with Crippen LogP contribution in [0.4, 0.5) is 4.79 Å². The zero-order valence-corrected chi connectivity index (χ0v) is 14.9. The van der Waals surface area contributed by atoms with Crippen molar-refractivity contribution in [2.24, 2.45) is 0 Å². The van der Waals surface area contributed by atoms with Gasteiger partial charge in [0.2, 0.25) is 0 Å². The van der Waals surface area contributed by atoms with Crippen LogP contribution >= 0.6 is 0 Å². The molecule has 1 atom stereocenters. The van der Waals surface area contributed by atoms with E-state index in [1.807, 2.05) is 6.07 Å². The Hall–Kier alpha value is -2.61. The zero-order chi connectivity index (χ0) is 18.0. The zero-order valence-electron chi connectivity index (χ0n) is 14.9. The van der Waals surface area contributed by atoms with Crippen LogP contribution in [0.25, 0.3) is 0 Å². The van der Waals surface area contributed by atoms with Gasteiger partial charge in [-0.25, -0.2) is 14.5 Å². The second-order valence-corrected chi connectivity index (χ2v) is 6.98. The molecule has 2 aromatic rings. The fourth-order valence-corrected chi connectivity index (χ4v) is 3.86. The lowest BCUT2D eigenvalue weighted by Gasteiger charge is -2.38. The molecular formula is C18H23N5O3. The highest BCUT2D eigenvalue weighted by molar-refractivity contribution is 5.70. The van der Waals surface area contributed by atoms with Crippen molar-refractivity contribution in [3.8, 4) is 5.75 Å². The number of likely N-dealkylation sites (tertiary alicyclic amines) is 1. The summed E-state index contributed by atoms with van der Waals surface area (Å²) in [6.45, 7) is 3.79. The number of piperidine rings is 1. The highest BCUT2D eigenvalue weighted by Gasteiger charge is 2.43. The van der Waals surface area contributed by atoms with Gasteiger partial charge in [-0.3, -0.25) is 4.90 Å². The number of carbonyl (C=O) groups is 1. The van der Waals surface area contributed by atoms with Crippen molar-refractivity contribution in [3.05, 3.63) is 42.0 Å². The minimum atomic E-state index is -0.370. The molecule has 138 valence electrons. The SMILES string of the molecule is COc1ccc(CN2CCC[C@@]3(CNC(=O)O3)C2)cc1Cn1cncn1. The molecule has 0 saturated carbocycles. The Labute approximate surface area is 152 Å². The normalized spacial score (nSPS) is 23.0. The molecule has 0 unspecified atom stereocenters. The number of hydrogen-bond acceptors (Lipinski definition) is 6. The molecule has 4 rings (SSSR count). The largest absolute Gasteiger partial charge is 0.496 e. The molecule has 0 bridgehead atoms. The van der Waals surface area contributed by atoms with Crippen LogP contribution in [0.15, 0.2) is 30.9 Å². The number of carbonyl (C=O) groups excluding carboxylic acids is 1. The molecule has 1 aromatic carbocycles. The second-order valence-electron chi connectivity index (χ2n) is 6.98. The molecule has 0 radical (unpaired) electrons. The van der Waals surface area contributed by atoms with E-state index in [0.29, 0.717) is 13.1 Å².